The van der Waals surface area contributed by atoms with Gasteiger partial charge in [-0.1, -0.05) is 23.3 Å². The first-order chi connectivity index (χ1) is 10.7. The van der Waals surface area contributed by atoms with Crippen LogP contribution in [0.25, 0.3) is 10.4 Å². The molecule has 1 aromatic carbocycles. The SMILES string of the molecule is CCOC(=O)[C@](C#N)(CCCCN=[N+]=[N-])Nc1ccccc1. The minimum Gasteiger partial charge on any atom is -0.463 e. The number of anilines is 1. The van der Waals surface area contributed by atoms with Crippen molar-refractivity contribution in [1.82, 2.24) is 0 Å². The minimum absolute atomic E-state index is 0.206. The van der Waals surface area contributed by atoms with E-state index >= 15 is 0 Å². The number of benzene rings is 1. The molecule has 0 fully saturated rings. The van der Waals surface area contributed by atoms with Crippen LogP contribution in [-0.4, -0.2) is 24.7 Å². The number of ether oxygens (including phenoxy) is 1. The maximum Gasteiger partial charge on any atom is 0.346 e. The van der Waals surface area contributed by atoms with Crippen LogP contribution in [0.2, 0.25) is 0 Å². The Morgan fingerprint density at radius 3 is 2.77 bits per heavy atom. The number of para-hydroxylation sites is 1. The lowest BCUT2D eigenvalue weighted by Gasteiger charge is -2.26. The van der Waals surface area contributed by atoms with Gasteiger partial charge in [0.05, 0.1) is 6.61 Å². The molecule has 0 heterocycles. The Kier molecular flexibility index (Phi) is 7.31. The van der Waals surface area contributed by atoms with Crippen molar-refractivity contribution in [2.24, 2.45) is 5.11 Å². The molecule has 1 N–H and O–H groups in total. The first-order valence-corrected chi connectivity index (χ1v) is 7.11. The highest BCUT2D eigenvalue weighted by Crippen LogP contribution is 2.22. The molecule has 0 unspecified atom stereocenters. The van der Waals surface area contributed by atoms with Gasteiger partial charge in [0.2, 0.25) is 5.54 Å². The normalized spacial score (nSPS) is 12.4. The monoisotopic (exact) mass is 301 g/mol. The van der Waals surface area contributed by atoms with Gasteiger partial charge < -0.3 is 10.1 Å². The second-order valence-corrected chi connectivity index (χ2v) is 4.64. The first kappa shape index (κ1) is 17.3. The van der Waals surface area contributed by atoms with Gasteiger partial charge >= 0.3 is 5.97 Å². The highest BCUT2D eigenvalue weighted by Gasteiger charge is 2.39. The highest BCUT2D eigenvalue weighted by molar-refractivity contribution is 5.88. The Hall–Kier alpha value is -2.71. The van der Waals surface area contributed by atoms with Gasteiger partial charge in [-0.25, -0.2) is 4.79 Å². The van der Waals surface area contributed by atoms with Gasteiger partial charge in [0.1, 0.15) is 6.07 Å². The zero-order valence-electron chi connectivity index (χ0n) is 12.5. The third-order valence-corrected chi connectivity index (χ3v) is 3.07. The highest BCUT2D eigenvalue weighted by atomic mass is 16.5. The number of nitriles is 1. The molecule has 0 radical (unpaired) electrons. The summed E-state index contributed by atoms with van der Waals surface area (Å²) in [4.78, 5) is 14.9. The van der Waals surface area contributed by atoms with Crippen molar-refractivity contribution >= 4 is 11.7 Å². The standard InChI is InChI=1S/C15H19N5O2/c1-2-22-14(21)15(12-16,10-6-7-11-18-20-17)19-13-8-4-3-5-9-13/h3-5,8-9,19H,2,6-7,10-11H2,1H3/t15-/m1/s1. The van der Waals surface area contributed by atoms with Crippen LogP contribution in [0.1, 0.15) is 26.2 Å². The summed E-state index contributed by atoms with van der Waals surface area (Å²) in [6.45, 7) is 2.24. The number of nitrogens with one attached hydrogen (secondary N) is 1. The van der Waals surface area contributed by atoms with E-state index in [2.05, 4.69) is 21.4 Å². The molecule has 0 aliphatic carbocycles. The molecular formula is C15H19N5O2. The van der Waals surface area contributed by atoms with Crippen LogP contribution < -0.4 is 5.32 Å². The quantitative estimate of drug-likeness (QED) is 0.247. The smallest absolute Gasteiger partial charge is 0.346 e. The molecule has 7 nitrogen and oxygen atoms in total. The molecule has 0 saturated heterocycles. The summed E-state index contributed by atoms with van der Waals surface area (Å²) >= 11 is 0. The summed E-state index contributed by atoms with van der Waals surface area (Å²) in [6.07, 6.45) is 1.44. The Morgan fingerprint density at radius 1 is 1.45 bits per heavy atom. The topological polar surface area (TPSA) is 111 Å². The van der Waals surface area contributed by atoms with Crippen molar-refractivity contribution in [3.8, 4) is 6.07 Å². The lowest BCUT2D eigenvalue weighted by Crippen LogP contribution is -2.46. The molecule has 7 heteroatoms. The molecule has 0 aliphatic heterocycles. The van der Waals surface area contributed by atoms with E-state index in [-0.39, 0.29) is 13.0 Å². The predicted molar refractivity (Wildman–Crippen MR) is 82.9 cm³/mol. The lowest BCUT2D eigenvalue weighted by molar-refractivity contribution is -0.146. The van der Waals surface area contributed by atoms with E-state index in [9.17, 15) is 10.1 Å². The third kappa shape index (κ3) is 5.00. The lowest BCUT2D eigenvalue weighted by atomic mass is 9.93. The fourth-order valence-corrected chi connectivity index (χ4v) is 1.98. The maximum absolute atomic E-state index is 12.2. The van der Waals surface area contributed by atoms with Gasteiger partial charge in [0.15, 0.2) is 0 Å². The van der Waals surface area contributed by atoms with E-state index in [1.807, 2.05) is 18.2 Å². The van der Waals surface area contributed by atoms with Crippen molar-refractivity contribution in [2.45, 2.75) is 31.7 Å². The van der Waals surface area contributed by atoms with Crippen molar-refractivity contribution in [2.75, 3.05) is 18.5 Å². The van der Waals surface area contributed by atoms with Gasteiger partial charge in [-0.3, -0.25) is 0 Å². The van der Waals surface area contributed by atoms with Crippen LogP contribution in [0.4, 0.5) is 5.69 Å². The summed E-state index contributed by atoms with van der Waals surface area (Å²) in [5.74, 6) is -0.592. The number of hydrogen-bond donors (Lipinski definition) is 1. The minimum atomic E-state index is -1.44. The van der Waals surface area contributed by atoms with Gasteiger partial charge in [0.25, 0.3) is 0 Å². The average Bonchev–Trinajstić information content (AvgIpc) is 2.54. The first-order valence-electron chi connectivity index (χ1n) is 7.11. The van der Waals surface area contributed by atoms with Crippen LogP contribution in [0.15, 0.2) is 35.4 Å². The number of unbranched alkanes of at least 4 members (excludes halogenated alkanes) is 1. The molecule has 22 heavy (non-hydrogen) atoms. The molecule has 0 saturated carbocycles. The molecule has 0 bridgehead atoms. The molecule has 1 rings (SSSR count). The number of carbonyl (C=O) groups excluding carboxylic acids is 1. The number of esters is 1. The van der Waals surface area contributed by atoms with E-state index in [0.29, 0.717) is 25.1 Å². The summed E-state index contributed by atoms with van der Waals surface area (Å²) in [5, 5.41) is 16.0. The van der Waals surface area contributed by atoms with E-state index in [4.69, 9.17) is 10.3 Å². The van der Waals surface area contributed by atoms with Gasteiger partial charge in [-0.2, -0.15) is 5.26 Å². The molecule has 1 aromatic rings. The van der Waals surface area contributed by atoms with E-state index in [0.717, 1.165) is 0 Å². The van der Waals surface area contributed by atoms with Crippen molar-refractivity contribution in [3.05, 3.63) is 40.8 Å². The summed E-state index contributed by atoms with van der Waals surface area (Å²) < 4.78 is 5.04. The van der Waals surface area contributed by atoms with Crippen LogP contribution in [0.3, 0.4) is 0 Å². The maximum atomic E-state index is 12.2. The summed E-state index contributed by atoms with van der Waals surface area (Å²) in [5.41, 5.74) is 7.48. The molecule has 1 atom stereocenters. The molecule has 0 spiro atoms. The fourth-order valence-electron chi connectivity index (χ4n) is 1.98. The number of rotatable bonds is 9. The van der Waals surface area contributed by atoms with Gasteiger partial charge in [0, 0.05) is 17.1 Å². The molecular weight excluding hydrogens is 282 g/mol. The summed E-state index contributed by atoms with van der Waals surface area (Å²) in [7, 11) is 0. The molecule has 0 amide bonds. The zero-order chi connectivity index (χ0) is 16.3. The van der Waals surface area contributed by atoms with Crippen molar-refractivity contribution in [3.63, 3.8) is 0 Å². The second kappa shape index (κ2) is 9.27. The van der Waals surface area contributed by atoms with Crippen LogP contribution in [0, 0.1) is 11.3 Å². The number of azide groups is 1. The predicted octanol–water partition coefficient (Wildman–Crippen LogP) is 3.40. The van der Waals surface area contributed by atoms with E-state index < -0.39 is 11.5 Å². The van der Waals surface area contributed by atoms with Gasteiger partial charge in [-0.15, -0.1) is 0 Å². The van der Waals surface area contributed by atoms with Crippen LogP contribution in [0.5, 0.6) is 0 Å². The molecule has 116 valence electrons. The number of hydrogen-bond acceptors (Lipinski definition) is 5. The fraction of sp³-hybridized carbons (Fsp3) is 0.467. The molecule has 0 aromatic heterocycles. The van der Waals surface area contributed by atoms with Gasteiger partial charge in [-0.05, 0) is 43.9 Å². The average molecular weight is 301 g/mol. The van der Waals surface area contributed by atoms with Crippen LogP contribution >= 0.6 is 0 Å². The van der Waals surface area contributed by atoms with Crippen molar-refractivity contribution in [1.29, 1.82) is 5.26 Å². The zero-order valence-corrected chi connectivity index (χ0v) is 12.5. The van der Waals surface area contributed by atoms with Crippen LogP contribution in [-0.2, 0) is 9.53 Å². The Balaban J connectivity index is 2.85. The Morgan fingerprint density at radius 2 is 2.18 bits per heavy atom. The van der Waals surface area contributed by atoms with E-state index in [1.165, 1.54) is 0 Å². The van der Waals surface area contributed by atoms with Crippen molar-refractivity contribution < 1.29 is 9.53 Å². The Labute approximate surface area is 129 Å². The summed E-state index contributed by atoms with van der Waals surface area (Å²) in [6, 6.07) is 11.1. The second-order valence-electron chi connectivity index (χ2n) is 4.64. The Bertz CT molecular complexity index is 563. The number of carbonyl (C=O) groups is 1. The molecule has 0 aliphatic rings. The third-order valence-electron chi connectivity index (χ3n) is 3.07. The number of nitrogens with zero attached hydrogens (tertiary/aromatic N) is 4. The largest absolute Gasteiger partial charge is 0.463 e. The van der Waals surface area contributed by atoms with E-state index in [1.54, 1.807) is 19.1 Å².